The Bertz CT molecular complexity index is 428. The number of nitrogens with one attached hydrogen (secondary N) is 2. The zero-order chi connectivity index (χ0) is 14.3. The number of hydrogen-bond donors (Lipinski definition) is 2. The van der Waals surface area contributed by atoms with Gasteiger partial charge in [0.2, 0.25) is 5.75 Å². The third-order valence-corrected chi connectivity index (χ3v) is 3.39. The van der Waals surface area contributed by atoms with Gasteiger partial charge in [0.25, 0.3) is 0 Å². The number of anilines is 2. The average Bonchev–Trinajstić information content (AvgIpc) is 2.35. The molecule has 1 aromatic rings. The molecule has 1 heterocycles. The molecule has 0 spiro atoms. The molecule has 0 aromatic carbocycles. The SMILES string of the molecule is CCCNc1ncnc(NC(C)CS(C)=O)c1OC. The molecule has 0 amide bonds. The molecule has 0 aliphatic rings. The molecule has 108 valence electrons. The van der Waals surface area contributed by atoms with Crippen LogP contribution in [0.15, 0.2) is 6.33 Å². The summed E-state index contributed by atoms with van der Waals surface area (Å²) in [5.74, 6) is 2.44. The van der Waals surface area contributed by atoms with E-state index in [0.717, 1.165) is 13.0 Å². The molecule has 0 saturated carbocycles. The van der Waals surface area contributed by atoms with Crippen LogP contribution in [0.5, 0.6) is 5.75 Å². The van der Waals surface area contributed by atoms with Gasteiger partial charge >= 0.3 is 0 Å². The van der Waals surface area contributed by atoms with Crippen molar-refractivity contribution in [2.24, 2.45) is 0 Å². The standard InChI is InChI=1S/C12H22N4O2S/c1-5-6-13-11-10(18-3)12(15-8-14-11)16-9(2)7-19(4)17/h8-9H,5-7H2,1-4H3,(H2,13,14,15,16). The largest absolute Gasteiger partial charge is 0.490 e. The summed E-state index contributed by atoms with van der Waals surface area (Å²) in [5, 5.41) is 6.39. The molecule has 0 aliphatic carbocycles. The minimum Gasteiger partial charge on any atom is -0.490 e. The van der Waals surface area contributed by atoms with E-state index in [0.29, 0.717) is 23.1 Å². The van der Waals surface area contributed by atoms with E-state index >= 15 is 0 Å². The molecular formula is C12H22N4O2S. The normalized spacial score (nSPS) is 13.7. The van der Waals surface area contributed by atoms with Crippen molar-refractivity contribution in [1.82, 2.24) is 9.97 Å². The predicted octanol–water partition coefficient (Wildman–Crippen LogP) is 1.49. The van der Waals surface area contributed by atoms with Gasteiger partial charge in [-0.15, -0.1) is 0 Å². The van der Waals surface area contributed by atoms with Gasteiger partial charge in [0.05, 0.1) is 7.11 Å². The van der Waals surface area contributed by atoms with Gasteiger partial charge in [-0.25, -0.2) is 9.97 Å². The highest BCUT2D eigenvalue weighted by Gasteiger charge is 2.14. The van der Waals surface area contributed by atoms with E-state index in [1.165, 1.54) is 6.33 Å². The molecule has 6 nitrogen and oxygen atoms in total. The van der Waals surface area contributed by atoms with Crippen LogP contribution in [0.3, 0.4) is 0 Å². The summed E-state index contributed by atoms with van der Waals surface area (Å²) >= 11 is 0. The van der Waals surface area contributed by atoms with E-state index in [-0.39, 0.29) is 6.04 Å². The molecule has 1 aromatic heterocycles. The molecule has 0 saturated heterocycles. The molecule has 2 unspecified atom stereocenters. The monoisotopic (exact) mass is 286 g/mol. The fraction of sp³-hybridized carbons (Fsp3) is 0.667. The summed E-state index contributed by atoms with van der Waals surface area (Å²) in [5.41, 5.74) is 0. The molecule has 7 heteroatoms. The van der Waals surface area contributed by atoms with Crippen LogP contribution in [0.1, 0.15) is 20.3 Å². The smallest absolute Gasteiger partial charge is 0.204 e. The number of methoxy groups -OCH3 is 1. The number of rotatable bonds is 8. The van der Waals surface area contributed by atoms with Gasteiger partial charge in [-0.05, 0) is 13.3 Å². The summed E-state index contributed by atoms with van der Waals surface area (Å²) < 4.78 is 16.6. The fourth-order valence-corrected chi connectivity index (χ4v) is 2.45. The van der Waals surface area contributed by atoms with Crippen LogP contribution < -0.4 is 15.4 Å². The van der Waals surface area contributed by atoms with Crippen molar-refractivity contribution < 1.29 is 8.95 Å². The predicted molar refractivity (Wildman–Crippen MR) is 79.4 cm³/mol. The molecule has 2 atom stereocenters. The minimum atomic E-state index is -0.850. The van der Waals surface area contributed by atoms with Crippen LogP contribution in [0.2, 0.25) is 0 Å². The zero-order valence-corrected chi connectivity index (χ0v) is 12.7. The summed E-state index contributed by atoms with van der Waals surface area (Å²) in [6, 6.07) is 0.0497. The maximum Gasteiger partial charge on any atom is 0.204 e. The maximum atomic E-state index is 11.2. The van der Waals surface area contributed by atoms with Crippen molar-refractivity contribution in [2.45, 2.75) is 26.3 Å². The van der Waals surface area contributed by atoms with Crippen molar-refractivity contribution in [3.05, 3.63) is 6.33 Å². The van der Waals surface area contributed by atoms with Crippen LogP contribution in [-0.4, -0.2) is 45.9 Å². The molecule has 0 fully saturated rings. The lowest BCUT2D eigenvalue weighted by Gasteiger charge is -2.17. The van der Waals surface area contributed by atoms with Gasteiger partial charge in [-0.2, -0.15) is 0 Å². The van der Waals surface area contributed by atoms with Crippen molar-refractivity contribution in [1.29, 1.82) is 0 Å². The fourth-order valence-electron chi connectivity index (χ4n) is 1.67. The van der Waals surface area contributed by atoms with Gasteiger partial charge in [0.1, 0.15) is 6.33 Å². The summed E-state index contributed by atoms with van der Waals surface area (Å²) in [6.07, 6.45) is 4.17. The molecular weight excluding hydrogens is 264 g/mol. The van der Waals surface area contributed by atoms with E-state index in [1.54, 1.807) is 13.4 Å². The van der Waals surface area contributed by atoms with Crippen LogP contribution >= 0.6 is 0 Å². The van der Waals surface area contributed by atoms with Crippen LogP contribution in [0, 0.1) is 0 Å². The van der Waals surface area contributed by atoms with Gasteiger partial charge in [-0.1, -0.05) is 6.92 Å². The lowest BCUT2D eigenvalue weighted by atomic mass is 10.3. The first-order valence-corrected chi connectivity index (χ1v) is 8.00. The molecule has 19 heavy (non-hydrogen) atoms. The Morgan fingerprint density at radius 1 is 1.42 bits per heavy atom. The Morgan fingerprint density at radius 3 is 2.68 bits per heavy atom. The average molecular weight is 286 g/mol. The zero-order valence-electron chi connectivity index (χ0n) is 11.9. The second kappa shape index (κ2) is 7.93. The first-order valence-electron chi connectivity index (χ1n) is 6.27. The quantitative estimate of drug-likeness (QED) is 0.754. The Balaban J connectivity index is 2.84. The van der Waals surface area contributed by atoms with Gasteiger partial charge < -0.3 is 15.4 Å². The van der Waals surface area contributed by atoms with E-state index in [4.69, 9.17) is 4.74 Å². The Morgan fingerprint density at radius 2 is 2.11 bits per heavy atom. The minimum absolute atomic E-state index is 0.0497. The topological polar surface area (TPSA) is 76.1 Å². The van der Waals surface area contributed by atoms with Crippen molar-refractivity contribution >= 4 is 22.4 Å². The second-order valence-electron chi connectivity index (χ2n) is 4.32. The highest BCUT2D eigenvalue weighted by molar-refractivity contribution is 7.84. The Labute approximate surface area is 116 Å². The summed E-state index contributed by atoms with van der Waals surface area (Å²) in [7, 11) is 0.737. The number of aromatic nitrogens is 2. The number of nitrogens with zero attached hydrogens (tertiary/aromatic N) is 2. The van der Waals surface area contributed by atoms with Crippen molar-refractivity contribution in [2.75, 3.05) is 36.3 Å². The lowest BCUT2D eigenvalue weighted by molar-refractivity contribution is 0.414. The van der Waals surface area contributed by atoms with E-state index < -0.39 is 10.8 Å². The summed E-state index contributed by atoms with van der Waals surface area (Å²) in [4.78, 5) is 8.35. The second-order valence-corrected chi connectivity index (χ2v) is 5.80. The molecule has 0 bridgehead atoms. The third-order valence-electron chi connectivity index (χ3n) is 2.42. The van der Waals surface area contributed by atoms with Crippen molar-refractivity contribution in [3.63, 3.8) is 0 Å². The van der Waals surface area contributed by atoms with Crippen LogP contribution in [0.4, 0.5) is 11.6 Å². The van der Waals surface area contributed by atoms with Crippen LogP contribution in [-0.2, 0) is 10.8 Å². The first-order chi connectivity index (χ1) is 9.08. The van der Waals surface area contributed by atoms with Gasteiger partial charge in [-0.3, -0.25) is 4.21 Å². The number of ether oxygens (including phenoxy) is 1. The summed E-state index contributed by atoms with van der Waals surface area (Å²) in [6.45, 7) is 4.86. The Kier molecular flexibility index (Phi) is 6.55. The van der Waals surface area contributed by atoms with Gasteiger partial charge in [0.15, 0.2) is 11.6 Å². The number of hydrogen-bond acceptors (Lipinski definition) is 6. The highest BCUT2D eigenvalue weighted by Crippen LogP contribution is 2.29. The van der Waals surface area contributed by atoms with E-state index in [2.05, 4.69) is 27.5 Å². The molecule has 0 aliphatic heterocycles. The lowest BCUT2D eigenvalue weighted by Crippen LogP contribution is -2.23. The highest BCUT2D eigenvalue weighted by atomic mass is 32.2. The first kappa shape index (κ1) is 15.7. The molecule has 1 rings (SSSR count). The van der Waals surface area contributed by atoms with Gasteiger partial charge in [0, 0.05) is 35.4 Å². The van der Waals surface area contributed by atoms with E-state index in [1.807, 2.05) is 6.92 Å². The maximum absolute atomic E-state index is 11.2. The molecule has 2 N–H and O–H groups in total. The Hall–Kier alpha value is -1.37. The molecule has 0 radical (unpaired) electrons. The van der Waals surface area contributed by atoms with Crippen LogP contribution in [0.25, 0.3) is 0 Å². The third kappa shape index (κ3) is 5.02. The van der Waals surface area contributed by atoms with E-state index in [9.17, 15) is 4.21 Å². The van der Waals surface area contributed by atoms with Crippen molar-refractivity contribution in [3.8, 4) is 5.75 Å².